The molecule has 0 spiro atoms. The van der Waals surface area contributed by atoms with Crippen LogP contribution < -0.4 is 4.74 Å². The Morgan fingerprint density at radius 2 is 1.66 bits per heavy atom. The van der Waals surface area contributed by atoms with Crippen molar-refractivity contribution >= 4 is 50.4 Å². The highest BCUT2D eigenvalue weighted by Crippen LogP contribution is 2.40. The molecule has 35 heavy (non-hydrogen) atoms. The van der Waals surface area contributed by atoms with Gasteiger partial charge in [-0.25, -0.2) is 18.4 Å². The molecular weight excluding hydrogens is 531 g/mol. The first-order chi connectivity index (χ1) is 16.4. The van der Waals surface area contributed by atoms with Crippen LogP contribution in [-0.2, 0) is 27.4 Å². The third kappa shape index (κ3) is 7.17. The Kier molecular flexibility index (Phi) is 8.81. The van der Waals surface area contributed by atoms with Crippen LogP contribution in [-0.4, -0.2) is 42.9 Å². The molecule has 186 valence electrons. The second-order valence-corrected chi connectivity index (χ2v) is 12.0. The zero-order chi connectivity index (χ0) is 25.8. The molecule has 2 aromatic carbocycles. The highest BCUT2D eigenvalue weighted by Gasteiger charge is 2.26. The molecule has 0 radical (unpaired) electrons. The van der Waals surface area contributed by atoms with Crippen molar-refractivity contribution in [3.63, 3.8) is 0 Å². The first kappa shape index (κ1) is 27.4. The number of Topliss-reactive ketones (excluding diaryl/α,β-unsaturated/α-hetero) is 1. The zero-order valence-corrected chi connectivity index (χ0v) is 22.6. The molecule has 3 aromatic rings. The average Bonchev–Trinajstić information content (AvgIpc) is 2.77. The predicted molar refractivity (Wildman–Crippen MR) is 140 cm³/mol. The zero-order valence-electron chi connectivity index (χ0n) is 19.5. The van der Waals surface area contributed by atoms with Gasteiger partial charge in [0.2, 0.25) is 0 Å². The summed E-state index contributed by atoms with van der Waals surface area (Å²) in [5.74, 6) is 0.492. The Balaban J connectivity index is 1.78. The summed E-state index contributed by atoms with van der Waals surface area (Å²) in [6.45, 7) is 4.37. The van der Waals surface area contributed by atoms with Crippen LogP contribution in [0.5, 0.6) is 5.75 Å². The van der Waals surface area contributed by atoms with E-state index in [2.05, 4.69) is 9.97 Å². The molecule has 6 nitrogen and oxygen atoms in total. The van der Waals surface area contributed by atoms with E-state index in [9.17, 15) is 13.2 Å². The Labute approximate surface area is 220 Å². The Bertz CT molecular complexity index is 1300. The van der Waals surface area contributed by atoms with Gasteiger partial charge in [0, 0.05) is 23.4 Å². The summed E-state index contributed by atoms with van der Waals surface area (Å²) in [4.78, 5) is 21.0. The standard InChI is InChI=1S/C25H25Cl3N2O4S/c1-25(2,18-12-20(27)24(21(28)13-18)34-11-9-26)17-6-4-16(5-7-17)22(31)14-19-8-10-29-23(30-19)15-35(3,32)33/h4-8,10,12-13H,9,11,14-15H2,1-3H3. The molecule has 3 rings (SSSR count). The Hall–Kier alpha value is -2.19. The molecule has 1 heterocycles. The van der Waals surface area contributed by atoms with E-state index in [0.717, 1.165) is 17.4 Å². The number of carbonyl (C=O) groups is 1. The molecule has 0 saturated carbocycles. The molecule has 0 bridgehead atoms. The summed E-state index contributed by atoms with van der Waals surface area (Å²) in [7, 11) is -3.27. The molecule has 0 aliphatic rings. The quantitative estimate of drug-likeness (QED) is 0.236. The van der Waals surface area contributed by atoms with Gasteiger partial charge in [-0.1, -0.05) is 61.3 Å². The summed E-state index contributed by atoms with van der Waals surface area (Å²) in [5.41, 5.74) is 2.40. The van der Waals surface area contributed by atoms with Crippen LogP contribution in [0.15, 0.2) is 48.7 Å². The van der Waals surface area contributed by atoms with Gasteiger partial charge in [0.15, 0.2) is 21.4 Å². The van der Waals surface area contributed by atoms with Crippen LogP contribution in [0.2, 0.25) is 10.0 Å². The summed E-state index contributed by atoms with van der Waals surface area (Å²) in [6.07, 6.45) is 2.61. The van der Waals surface area contributed by atoms with E-state index in [1.54, 1.807) is 18.2 Å². The number of alkyl halides is 1. The number of rotatable bonds is 10. The highest BCUT2D eigenvalue weighted by atomic mass is 35.5. The number of carbonyl (C=O) groups excluding carboxylic acids is 1. The number of ketones is 1. The van der Waals surface area contributed by atoms with E-state index >= 15 is 0 Å². The summed E-state index contributed by atoms with van der Waals surface area (Å²) < 4.78 is 28.5. The third-order valence-electron chi connectivity index (χ3n) is 5.47. The normalized spacial score (nSPS) is 11.9. The lowest BCUT2D eigenvalue weighted by Crippen LogP contribution is -2.19. The van der Waals surface area contributed by atoms with Crippen molar-refractivity contribution in [3.05, 3.63) is 86.9 Å². The second kappa shape index (κ2) is 11.2. The topological polar surface area (TPSA) is 86.2 Å². The number of ether oxygens (including phenoxy) is 1. The van der Waals surface area contributed by atoms with Crippen molar-refractivity contribution in [2.75, 3.05) is 18.7 Å². The molecule has 0 unspecified atom stereocenters. The van der Waals surface area contributed by atoms with Crippen molar-refractivity contribution in [2.24, 2.45) is 0 Å². The summed E-state index contributed by atoms with van der Waals surface area (Å²) >= 11 is 18.5. The number of hydrogen-bond acceptors (Lipinski definition) is 6. The van der Waals surface area contributed by atoms with Crippen LogP contribution in [0.3, 0.4) is 0 Å². The SMILES string of the molecule is CC(C)(c1ccc(C(=O)Cc2ccnc(CS(C)(=O)=O)n2)cc1)c1cc(Cl)c(OCCCl)c(Cl)c1. The minimum atomic E-state index is -3.27. The smallest absolute Gasteiger partial charge is 0.168 e. The van der Waals surface area contributed by atoms with Gasteiger partial charge in [-0.2, -0.15) is 0 Å². The van der Waals surface area contributed by atoms with E-state index in [0.29, 0.717) is 39.5 Å². The minimum Gasteiger partial charge on any atom is -0.489 e. The van der Waals surface area contributed by atoms with Gasteiger partial charge >= 0.3 is 0 Å². The van der Waals surface area contributed by atoms with E-state index < -0.39 is 15.3 Å². The maximum Gasteiger partial charge on any atom is 0.168 e. The van der Waals surface area contributed by atoms with Crippen LogP contribution in [0.4, 0.5) is 0 Å². The maximum atomic E-state index is 12.8. The number of hydrogen-bond donors (Lipinski definition) is 0. The van der Waals surface area contributed by atoms with Crippen LogP contribution in [0, 0.1) is 0 Å². The van der Waals surface area contributed by atoms with Crippen molar-refractivity contribution in [2.45, 2.75) is 31.4 Å². The molecule has 10 heteroatoms. The lowest BCUT2D eigenvalue weighted by atomic mass is 9.78. The lowest BCUT2D eigenvalue weighted by molar-refractivity contribution is 0.0992. The van der Waals surface area contributed by atoms with Gasteiger partial charge in [-0.15, -0.1) is 11.6 Å². The molecule has 0 amide bonds. The van der Waals surface area contributed by atoms with Gasteiger partial charge in [0.25, 0.3) is 0 Å². The molecule has 0 atom stereocenters. The first-order valence-corrected chi connectivity index (χ1v) is 14.1. The van der Waals surface area contributed by atoms with Gasteiger partial charge < -0.3 is 4.74 Å². The van der Waals surface area contributed by atoms with Gasteiger partial charge in [-0.05, 0) is 29.3 Å². The maximum absolute atomic E-state index is 12.8. The average molecular weight is 556 g/mol. The highest BCUT2D eigenvalue weighted by molar-refractivity contribution is 7.89. The molecule has 0 fully saturated rings. The Morgan fingerprint density at radius 3 is 2.23 bits per heavy atom. The predicted octanol–water partition coefficient (Wildman–Crippen LogP) is 5.70. The van der Waals surface area contributed by atoms with Crippen molar-refractivity contribution in [1.82, 2.24) is 9.97 Å². The van der Waals surface area contributed by atoms with Gasteiger partial charge in [0.1, 0.15) is 18.2 Å². The third-order valence-corrected chi connectivity index (χ3v) is 6.97. The van der Waals surface area contributed by atoms with E-state index in [1.165, 1.54) is 6.20 Å². The van der Waals surface area contributed by atoms with E-state index in [-0.39, 0.29) is 23.8 Å². The van der Waals surface area contributed by atoms with E-state index in [1.807, 2.05) is 38.1 Å². The number of nitrogens with zero attached hydrogens (tertiary/aromatic N) is 2. The van der Waals surface area contributed by atoms with Crippen molar-refractivity contribution in [1.29, 1.82) is 0 Å². The van der Waals surface area contributed by atoms with Gasteiger partial charge in [0.05, 0.1) is 28.0 Å². The summed E-state index contributed by atoms with van der Waals surface area (Å²) in [6, 6.07) is 12.6. The van der Waals surface area contributed by atoms with Crippen LogP contribution in [0.25, 0.3) is 0 Å². The van der Waals surface area contributed by atoms with Gasteiger partial charge in [-0.3, -0.25) is 4.79 Å². The molecule has 0 N–H and O–H groups in total. The molecule has 0 aliphatic heterocycles. The van der Waals surface area contributed by atoms with Crippen LogP contribution in [0.1, 0.15) is 46.9 Å². The number of aromatic nitrogens is 2. The molecule has 0 saturated heterocycles. The van der Waals surface area contributed by atoms with Crippen molar-refractivity contribution < 1.29 is 17.9 Å². The second-order valence-electron chi connectivity index (χ2n) is 8.64. The fourth-order valence-corrected chi connectivity index (χ4v) is 4.83. The lowest BCUT2D eigenvalue weighted by Gasteiger charge is -2.27. The number of benzene rings is 2. The number of halogens is 3. The molecule has 1 aromatic heterocycles. The van der Waals surface area contributed by atoms with E-state index in [4.69, 9.17) is 39.5 Å². The largest absolute Gasteiger partial charge is 0.489 e. The molecule has 0 aliphatic carbocycles. The summed E-state index contributed by atoms with van der Waals surface area (Å²) in [5, 5.41) is 0.801. The number of sulfone groups is 1. The first-order valence-electron chi connectivity index (χ1n) is 10.7. The van der Waals surface area contributed by atoms with Crippen LogP contribution >= 0.6 is 34.8 Å². The fraction of sp³-hybridized carbons (Fsp3) is 0.320. The molecular formula is C25H25Cl3N2O4S. The van der Waals surface area contributed by atoms with Crippen molar-refractivity contribution in [3.8, 4) is 5.75 Å². The minimum absolute atomic E-state index is 0.0387. The fourth-order valence-electron chi connectivity index (χ4n) is 3.55. The Morgan fingerprint density at radius 1 is 1.03 bits per heavy atom. The monoisotopic (exact) mass is 554 g/mol.